The van der Waals surface area contributed by atoms with Gasteiger partial charge in [-0.3, -0.25) is 0 Å². The van der Waals surface area contributed by atoms with Crippen LogP contribution in [0.3, 0.4) is 0 Å². The van der Waals surface area contributed by atoms with Crippen molar-refractivity contribution < 1.29 is 85.6 Å². The summed E-state index contributed by atoms with van der Waals surface area (Å²) in [5.74, 6) is -0.936. The van der Waals surface area contributed by atoms with E-state index in [1.807, 2.05) is 13.8 Å². The molecule has 0 spiro atoms. The number of carbonyl (C=O) groups is 6. The summed E-state index contributed by atoms with van der Waals surface area (Å²) in [6.45, 7) is 54.3. The molecule has 4 aliphatic rings. The molecule has 448 valence electrons. The number of ether oxygens (including phenoxy) is 12. The van der Waals surface area contributed by atoms with Gasteiger partial charge in [0.05, 0.1) is 18.8 Å². The molecule has 9 unspecified atom stereocenters. The van der Waals surface area contributed by atoms with Crippen LogP contribution in [0.25, 0.3) is 0 Å². The first-order chi connectivity index (χ1) is 35.9. The van der Waals surface area contributed by atoms with Crippen LogP contribution in [0.2, 0.25) is 0 Å². The lowest BCUT2D eigenvalue weighted by Crippen LogP contribution is -2.44. The van der Waals surface area contributed by atoms with Crippen molar-refractivity contribution in [1.82, 2.24) is 0 Å². The van der Waals surface area contributed by atoms with Gasteiger partial charge in [-0.25, -0.2) is 28.8 Å². The molecule has 18 nitrogen and oxygen atoms in total. The minimum atomic E-state index is -0.510. The maximum atomic E-state index is 11.5. The zero-order valence-corrected chi connectivity index (χ0v) is 51.1. The molecule has 4 bridgehead atoms. The van der Waals surface area contributed by atoms with E-state index in [9.17, 15) is 28.8 Å². The van der Waals surface area contributed by atoms with Gasteiger partial charge in [-0.2, -0.15) is 0 Å². The average Bonchev–Trinajstić information content (AvgIpc) is 4.05. The first kappa shape index (κ1) is 75.1. The fraction of sp³-hybridized carbons (Fsp3) is 0.700. The van der Waals surface area contributed by atoms with Crippen LogP contribution < -0.4 is 0 Å². The van der Waals surface area contributed by atoms with E-state index in [4.69, 9.17) is 37.9 Å². The van der Waals surface area contributed by atoms with E-state index in [-0.39, 0.29) is 66.2 Å². The Balaban J connectivity index is 0. The van der Waals surface area contributed by atoms with Gasteiger partial charge in [0.2, 0.25) is 6.29 Å². The Bertz CT molecular complexity index is 2010. The molecule has 4 fully saturated rings. The minimum Gasteiger partial charge on any atom is -0.435 e. The predicted molar refractivity (Wildman–Crippen MR) is 299 cm³/mol. The van der Waals surface area contributed by atoms with Crippen molar-refractivity contribution in [2.45, 2.75) is 194 Å². The van der Waals surface area contributed by atoms with Crippen molar-refractivity contribution in [3.8, 4) is 0 Å². The maximum absolute atomic E-state index is 11.5. The second-order valence-electron chi connectivity index (χ2n) is 22.0. The van der Waals surface area contributed by atoms with Gasteiger partial charge in [0.25, 0.3) is 0 Å². The van der Waals surface area contributed by atoms with Crippen LogP contribution in [0.4, 0.5) is 0 Å². The van der Waals surface area contributed by atoms with Crippen molar-refractivity contribution in [3.63, 3.8) is 0 Å². The van der Waals surface area contributed by atoms with Gasteiger partial charge >= 0.3 is 35.8 Å². The largest absolute Gasteiger partial charge is 0.435 e. The molecule has 0 aromatic carbocycles. The highest BCUT2D eigenvalue weighted by Crippen LogP contribution is 2.64. The van der Waals surface area contributed by atoms with Crippen molar-refractivity contribution in [2.75, 3.05) is 47.8 Å². The Morgan fingerprint density at radius 3 is 1.19 bits per heavy atom. The summed E-state index contributed by atoms with van der Waals surface area (Å²) in [6.07, 6.45) is 7.27. The number of hydrogen-bond donors (Lipinski definition) is 0. The lowest BCUT2D eigenvalue weighted by Gasteiger charge is -2.43. The summed E-state index contributed by atoms with van der Waals surface area (Å²) in [5, 5.41) is 0. The van der Waals surface area contributed by atoms with Gasteiger partial charge < -0.3 is 56.8 Å². The Labute approximate surface area is 467 Å². The number of carbonyl (C=O) groups excluding carboxylic acids is 6. The summed E-state index contributed by atoms with van der Waals surface area (Å²) in [6, 6.07) is 0. The fourth-order valence-electron chi connectivity index (χ4n) is 9.49. The van der Waals surface area contributed by atoms with E-state index >= 15 is 0 Å². The monoisotopic (exact) mass is 1110 g/mol. The first-order valence-corrected chi connectivity index (χ1v) is 26.5. The molecule has 4 rings (SSSR count). The van der Waals surface area contributed by atoms with Gasteiger partial charge in [-0.15, -0.1) is 0 Å². The van der Waals surface area contributed by atoms with Crippen LogP contribution in [0.5, 0.6) is 0 Å². The van der Waals surface area contributed by atoms with Crippen molar-refractivity contribution in [1.29, 1.82) is 0 Å². The summed E-state index contributed by atoms with van der Waals surface area (Å²) >= 11 is 0. The number of esters is 6. The summed E-state index contributed by atoms with van der Waals surface area (Å²) in [7, 11) is 2.92. The Morgan fingerprint density at radius 1 is 0.500 bits per heavy atom. The minimum absolute atomic E-state index is 0.00824. The van der Waals surface area contributed by atoms with Crippen molar-refractivity contribution in [2.24, 2.45) is 33.5 Å². The third kappa shape index (κ3) is 26.8. The second-order valence-corrected chi connectivity index (χ2v) is 22.0. The van der Waals surface area contributed by atoms with Crippen molar-refractivity contribution >= 4 is 35.8 Å². The standard InChI is InChI=1S/C16H26O3.C15H24O3.2C8H14O3.C7H12O3.C6H10O3/c1-10(2)13(17)18-11(3)19-14-15(4,5)12-7-8-16(14,6)9-12;1-10(2)12(16)17-9-18-13-14(3,4)11-6-7-15(13,5)8-11;1-5-10-7(4)11-8(9)6(2)3;1-4-5-10-6-11-8(9)7(2)3;1-5(2)7(8)10-6(3)9-4;1-5(2)6(7)9-4-8-3/h11-12,14H,1,7-9H2,2-6H3;11,13H,1,6-9H2,2-5H3;7H,2,5H2,1,3-4H3;2,4-6H2,1,3H3;6H,1H2,2-4H3;1,4H2,2-3H3. The zero-order valence-electron chi connectivity index (χ0n) is 51.1. The number of rotatable bonds is 23. The highest BCUT2D eigenvalue weighted by molar-refractivity contribution is 5.88. The molecule has 78 heavy (non-hydrogen) atoms. The summed E-state index contributed by atoms with van der Waals surface area (Å²) < 4.78 is 60.0. The van der Waals surface area contributed by atoms with Crippen LogP contribution in [0.1, 0.15) is 163 Å². The molecule has 4 saturated carbocycles. The van der Waals surface area contributed by atoms with E-state index < -0.39 is 42.7 Å². The summed E-state index contributed by atoms with van der Waals surface area (Å²) in [4.78, 5) is 65.6. The third-order valence-corrected chi connectivity index (χ3v) is 13.6. The molecular weight excluding hydrogens is 1010 g/mol. The van der Waals surface area contributed by atoms with E-state index in [0.29, 0.717) is 46.7 Å². The number of methoxy groups -OCH3 is 2. The Morgan fingerprint density at radius 2 is 0.859 bits per heavy atom. The third-order valence-electron chi connectivity index (χ3n) is 13.6. The topological polar surface area (TPSA) is 213 Å². The zero-order chi connectivity index (χ0) is 60.9. The lowest BCUT2D eigenvalue weighted by atomic mass is 9.70. The molecule has 18 heteroatoms. The van der Waals surface area contributed by atoms with Crippen LogP contribution >= 0.6 is 0 Å². The van der Waals surface area contributed by atoms with Gasteiger partial charge in [-0.1, -0.05) is 87.9 Å². The van der Waals surface area contributed by atoms with E-state index in [0.717, 1.165) is 18.3 Å². The Hall–Kier alpha value is -4.98. The molecular formula is C60H100O18. The number of hydrogen-bond acceptors (Lipinski definition) is 18. The quantitative estimate of drug-likeness (QED) is 0.0306. The molecule has 0 amide bonds. The normalized spacial score (nSPS) is 23.1. The SMILES string of the molecule is C=C(C)C(=O)OC(C)OC.C=C(C)C(=O)OC(C)OC1C2(C)CCC(C2)C1(C)C.C=C(C)C(=O)OC(C)OCC.C=C(C)C(=O)OCOC.C=C(C)C(=O)OCOC1C2(C)CCC(C2)C1(C)C.C=C(C)C(=O)OCOCCC. The van der Waals surface area contributed by atoms with E-state index in [1.165, 1.54) is 52.7 Å². The Kier molecular flexibility index (Phi) is 35.0. The van der Waals surface area contributed by atoms with Gasteiger partial charge in [-0.05, 0) is 148 Å². The molecule has 0 aromatic heterocycles. The van der Waals surface area contributed by atoms with Crippen LogP contribution in [0.15, 0.2) is 72.9 Å². The first-order valence-electron chi connectivity index (χ1n) is 26.5. The van der Waals surface area contributed by atoms with Crippen LogP contribution in [-0.2, 0) is 85.6 Å². The molecule has 0 aliphatic heterocycles. The smallest absolute Gasteiger partial charge is 0.335 e. The highest BCUT2D eigenvalue weighted by atomic mass is 16.7. The summed E-state index contributed by atoms with van der Waals surface area (Å²) in [5.41, 5.74) is 3.20. The van der Waals surface area contributed by atoms with Crippen LogP contribution in [-0.4, -0.2) is 115 Å². The van der Waals surface area contributed by atoms with Crippen LogP contribution in [0, 0.1) is 33.5 Å². The fourth-order valence-corrected chi connectivity index (χ4v) is 9.49. The molecule has 4 aliphatic carbocycles. The molecule has 0 aromatic rings. The maximum Gasteiger partial charge on any atom is 0.335 e. The average molecular weight is 1110 g/mol. The second kappa shape index (κ2) is 36.3. The van der Waals surface area contributed by atoms with Gasteiger partial charge in [0.15, 0.2) is 33.0 Å². The van der Waals surface area contributed by atoms with Gasteiger partial charge in [0, 0.05) is 54.3 Å². The molecule has 0 radical (unpaired) electrons. The molecule has 0 saturated heterocycles. The molecule has 0 N–H and O–H groups in total. The number of fused-ring (bicyclic) bond motifs is 4. The molecule has 9 atom stereocenters. The lowest BCUT2D eigenvalue weighted by molar-refractivity contribution is -0.210. The predicted octanol–water partition coefficient (Wildman–Crippen LogP) is 11.8. The highest BCUT2D eigenvalue weighted by Gasteiger charge is 2.61. The molecule has 0 heterocycles. The van der Waals surface area contributed by atoms with E-state index in [2.05, 4.69) is 100.0 Å². The van der Waals surface area contributed by atoms with Crippen molar-refractivity contribution in [3.05, 3.63) is 72.9 Å². The van der Waals surface area contributed by atoms with E-state index in [1.54, 1.807) is 62.3 Å². The van der Waals surface area contributed by atoms with Gasteiger partial charge in [0.1, 0.15) is 0 Å².